The molecule has 2 heterocycles. The topological polar surface area (TPSA) is 77.8 Å². The minimum absolute atomic E-state index is 0.0102. The minimum Gasteiger partial charge on any atom is -0.497 e. The number of carbonyl (C=O) groups is 1. The lowest BCUT2D eigenvalue weighted by molar-refractivity contribution is 0.0684. The molecule has 0 spiro atoms. The molecule has 0 saturated heterocycles. The highest BCUT2D eigenvalue weighted by molar-refractivity contribution is 6.02. The van der Waals surface area contributed by atoms with Crippen LogP contribution in [0.15, 0.2) is 41.2 Å². The summed E-state index contributed by atoms with van der Waals surface area (Å²) in [6, 6.07) is 6.17. The number of nitrogens with zero attached hydrogens (tertiary/aromatic N) is 1. The van der Waals surface area contributed by atoms with Gasteiger partial charge in [0.05, 0.1) is 37.4 Å². The van der Waals surface area contributed by atoms with Gasteiger partial charge in [-0.05, 0) is 18.6 Å². The molecule has 6 heteroatoms. The molecule has 1 N–H and O–H groups in total. The number of carboxylic acid groups (broad SMARTS) is 1. The van der Waals surface area contributed by atoms with Gasteiger partial charge in [0, 0.05) is 17.5 Å². The second kappa shape index (κ2) is 6.26. The van der Waals surface area contributed by atoms with Crippen LogP contribution in [0.2, 0.25) is 0 Å². The van der Waals surface area contributed by atoms with Gasteiger partial charge in [-0.3, -0.25) is 4.79 Å². The molecule has 1 aromatic heterocycles. The molecule has 0 aliphatic carbocycles. The average molecular weight is 315 g/mol. The van der Waals surface area contributed by atoms with E-state index in [-0.39, 0.29) is 17.2 Å². The Hall–Kier alpha value is -2.60. The van der Waals surface area contributed by atoms with Crippen molar-refractivity contribution in [1.82, 2.24) is 4.57 Å². The zero-order chi connectivity index (χ0) is 16.4. The van der Waals surface area contributed by atoms with Crippen LogP contribution in [0.5, 0.6) is 5.75 Å². The normalized spacial score (nSPS) is 17.3. The SMILES string of the molecule is COc1ccc2c(C(=O)O)cc(=O)n(CC3C=CCCO3)c2c1. The third kappa shape index (κ3) is 2.98. The molecular weight excluding hydrogens is 298 g/mol. The molecule has 0 amide bonds. The number of pyridine rings is 1. The van der Waals surface area contributed by atoms with E-state index in [2.05, 4.69) is 0 Å². The second-order valence-electron chi connectivity index (χ2n) is 5.32. The molecule has 23 heavy (non-hydrogen) atoms. The van der Waals surface area contributed by atoms with Crippen LogP contribution >= 0.6 is 0 Å². The summed E-state index contributed by atoms with van der Waals surface area (Å²) in [5, 5.41) is 9.83. The fourth-order valence-electron chi connectivity index (χ4n) is 2.74. The van der Waals surface area contributed by atoms with E-state index in [0.717, 1.165) is 12.5 Å². The summed E-state index contributed by atoms with van der Waals surface area (Å²) in [5.74, 6) is -0.563. The minimum atomic E-state index is -1.13. The lowest BCUT2D eigenvalue weighted by Crippen LogP contribution is -2.29. The number of hydrogen-bond acceptors (Lipinski definition) is 4. The van der Waals surface area contributed by atoms with Crippen LogP contribution < -0.4 is 10.3 Å². The molecule has 0 fully saturated rings. The van der Waals surface area contributed by atoms with Crippen molar-refractivity contribution in [2.24, 2.45) is 0 Å². The number of hydrogen-bond donors (Lipinski definition) is 1. The molecule has 120 valence electrons. The number of rotatable bonds is 4. The summed E-state index contributed by atoms with van der Waals surface area (Å²) >= 11 is 0. The molecular formula is C17H17NO5. The molecule has 1 atom stereocenters. The fraction of sp³-hybridized carbons (Fsp3) is 0.294. The predicted octanol–water partition coefficient (Wildman–Crippen LogP) is 2.05. The third-order valence-corrected chi connectivity index (χ3v) is 3.88. The first-order valence-corrected chi connectivity index (χ1v) is 7.33. The Morgan fingerprint density at radius 2 is 2.26 bits per heavy atom. The van der Waals surface area contributed by atoms with Gasteiger partial charge in [0.25, 0.3) is 5.56 Å². The standard InChI is InChI=1S/C17H17NO5/c1-22-11-5-6-13-14(17(20)21)9-16(19)18(15(13)8-11)10-12-4-2-3-7-23-12/h2,4-6,8-9,12H,3,7,10H2,1H3,(H,20,21). The number of ether oxygens (including phenoxy) is 2. The third-order valence-electron chi connectivity index (χ3n) is 3.88. The first-order valence-electron chi connectivity index (χ1n) is 7.33. The van der Waals surface area contributed by atoms with Crippen molar-refractivity contribution < 1.29 is 19.4 Å². The van der Waals surface area contributed by atoms with E-state index in [4.69, 9.17) is 9.47 Å². The number of carboxylic acids is 1. The van der Waals surface area contributed by atoms with E-state index in [1.165, 1.54) is 11.7 Å². The number of fused-ring (bicyclic) bond motifs is 1. The van der Waals surface area contributed by atoms with Gasteiger partial charge in [0.2, 0.25) is 0 Å². The van der Waals surface area contributed by atoms with Crippen molar-refractivity contribution in [2.45, 2.75) is 19.1 Å². The Morgan fingerprint density at radius 3 is 2.91 bits per heavy atom. The van der Waals surface area contributed by atoms with Gasteiger partial charge in [-0.15, -0.1) is 0 Å². The quantitative estimate of drug-likeness (QED) is 0.874. The van der Waals surface area contributed by atoms with Crippen molar-refractivity contribution in [2.75, 3.05) is 13.7 Å². The summed E-state index contributed by atoms with van der Waals surface area (Å²) in [6.07, 6.45) is 4.60. The smallest absolute Gasteiger partial charge is 0.336 e. The Morgan fingerprint density at radius 1 is 1.43 bits per heavy atom. The van der Waals surface area contributed by atoms with Crippen LogP contribution in [-0.4, -0.2) is 35.5 Å². The molecule has 1 aliphatic heterocycles. The lowest BCUT2D eigenvalue weighted by atomic mass is 10.1. The van der Waals surface area contributed by atoms with Gasteiger partial charge < -0.3 is 19.1 Å². The maximum absolute atomic E-state index is 12.4. The van der Waals surface area contributed by atoms with Crippen molar-refractivity contribution in [1.29, 1.82) is 0 Å². The first-order chi connectivity index (χ1) is 11.1. The largest absolute Gasteiger partial charge is 0.497 e. The molecule has 2 aromatic rings. The Balaban J connectivity index is 2.19. The van der Waals surface area contributed by atoms with E-state index in [9.17, 15) is 14.7 Å². The number of methoxy groups -OCH3 is 1. The summed E-state index contributed by atoms with van der Waals surface area (Å²) in [6.45, 7) is 0.948. The molecule has 0 saturated carbocycles. The van der Waals surface area contributed by atoms with Crippen LogP contribution in [0.1, 0.15) is 16.8 Å². The summed E-state index contributed by atoms with van der Waals surface area (Å²) in [4.78, 5) is 23.8. The maximum Gasteiger partial charge on any atom is 0.336 e. The van der Waals surface area contributed by atoms with Crippen LogP contribution in [-0.2, 0) is 11.3 Å². The molecule has 3 rings (SSSR count). The second-order valence-corrected chi connectivity index (χ2v) is 5.32. The first kappa shape index (κ1) is 15.3. The highest BCUT2D eigenvalue weighted by Crippen LogP contribution is 2.23. The van der Waals surface area contributed by atoms with Gasteiger partial charge in [0.15, 0.2) is 0 Å². The number of aromatic carboxylic acids is 1. The Kier molecular flexibility index (Phi) is 4.16. The van der Waals surface area contributed by atoms with Gasteiger partial charge in [-0.1, -0.05) is 12.2 Å². The average Bonchev–Trinajstić information content (AvgIpc) is 2.57. The van der Waals surface area contributed by atoms with Crippen LogP contribution in [0.25, 0.3) is 10.9 Å². The number of aromatic nitrogens is 1. The van der Waals surface area contributed by atoms with E-state index in [1.807, 2.05) is 12.2 Å². The summed E-state index contributed by atoms with van der Waals surface area (Å²) in [7, 11) is 1.53. The molecule has 1 aromatic carbocycles. The predicted molar refractivity (Wildman–Crippen MR) is 85.2 cm³/mol. The molecule has 1 unspecified atom stereocenters. The highest BCUT2D eigenvalue weighted by atomic mass is 16.5. The molecule has 0 radical (unpaired) electrons. The molecule has 6 nitrogen and oxygen atoms in total. The molecule has 1 aliphatic rings. The van der Waals surface area contributed by atoms with Crippen molar-refractivity contribution >= 4 is 16.9 Å². The van der Waals surface area contributed by atoms with Crippen molar-refractivity contribution in [3.05, 3.63) is 52.3 Å². The van der Waals surface area contributed by atoms with Gasteiger partial charge in [0.1, 0.15) is 5.75 Å². The maximum atomic E-state index is 12.4. The van der Waals surface area contributed by atoms with E-state index in [1.54, 1.807) is 18.2 Å². The molecule has 0 bridgehead atoms. The lowest BCUT2D eigenvalue weighted by Gasteiger charge is -2.20. The highest BCUT2D eigenvalue weighted by Gasteiger charge is 2.17. The Bertz CT molecular complexity index is 837. The van der Waals surface area contributed by atoms with Crippen LogP contribution in [0.3, 0.4) is 0 Å². The van der Waals surface area contributed by atoms with Gasteiger partial charge >= 0.3 is 5.97 Å². The van der Waals surface area contributed by atoms with E-state index >= 15 is 0 Å². The Labute approximate surface area is 132 Å². The zero-order valence-electron chi connectivity index (χ0n) is 12.7. The van der Waals surface area contributed by atoms with Crippen molar-refractivity contribution in [3.63, 3.8) is 0 Å². The summed E-state index contributed by atoms with van der Waals surface area (Å²) < 4.78 is 12.4. The number of benzene rings is 1. The van der Waals surface area contributed by atoms with Crippen molar-refractivity contribution in [3.8, 4) is 5.75 Å². The summed E-state index contributed by atoms with van der Waals surface area (Å²) in [5.41, 5.74) is 0.145. The van der Waals surface area contributed by atoms with E-state index in [0.29, 0.717) is 29.8 Å². The van der Waals surface area contributed by atoms with Gasteiger partial charge in [-0.25, -0.2) is 4.79 Å². The van der Waals surface area contributed by atoms with E-state index < -0.39 is 5.97 Å². The van der Waals surface area contributed by atoms with Crippen LogP contribution in [0, 0.1) is 0 Å². The zero-order valence-corrected chi connectivity index (χ0v) is 12.7. The van der Waals surface area contributed by atoms with Gasteiger partial charge in [-0.2, -0.15) is 0 Å². The van der Waals surface area contributed by atoms with Crippen LogP contribution in [0.4, 0.5) is 0 Å². The monoisotopic (exact) mass is 315 g/mol. The fourth-order valence-corrected chi connectivity index (χ4v) is 2.74.